The molecule has 0 spiro atoms. The highest BCUT2D eigenvalue weighted by atomic mass is 16.5. The Hall–Kier alpha value is -3.35. The van der Waals surface area contributed by atoms with Gasteiger partial charge in [0.1, 0.15) is 12.6 Å². The van der Waals surface area contributed by atoms with Gasteiger partial charge in [0.2, 0.25) is 5.91 Å². The van der Waals surface area contributed by atoms with E-state index in [0.29, 0.717) is 0 Å². The SMILES string of the molecule is NC(=O)C(CCC(=O)O)NC(=O)OCC1c2ccccc2-c2ccccc21. The molecular weight excluding hydrogens is 348 g/mol. The number of carbonyl (C=O) groups is 3. The third-order valence-electron chi connectivity index (χ3n) is 4.63. The minimum absolute atomic E-state index is 0.0884. The van der Waals surface area contributed by atoms with Gasteiger partial charge in [0, 0.05) is 12.3 Å². The summed E-state index contributed by atoms with van der Waals surface area (Å²) >= 11 is 0. The molecule has 3 rings (SSSR count). The average molecular weight is 368 g/mol. The van der Waals surface area contributed by atoms with Crippen molar-refractivity contribution in [2.45, 2.75) is 24.8 Å². The van der Waals surface area contributed by atoms with Crippen molar-refractivity contribution in [3.63, 3.8) is 0 Å². The van der Waals surface area contributed by atoms with Gasteiger partial charge < -0.3 is 20.9 Å². The minimum atomic E-state index is -1.09. The van der Waals surface area contributed by atoms with Crippen LogP contribution in [0.1, 0.15) is 29.9 Å². The molecule has 0 saturated heterocycles. The number of carboxylic acids is 1. The van der Waals surface area contributed by atoms with Crippen LogP contribution in [0.15, 0.2) is 48.5 Å². The molecule has 2 amide bonds. The van der Waals surface area contributed by atoms with E-state index in [-0.39, 0.29) is 25.4 Å². The van der Waals surface area contributed by atoms with Gasteiger partial charge in [-0.1, -0.05) is 48.5 Å². The van der Waals surface area contributed by atoms with E-state index in [1.807, 2.05) is 48.5 Å². The van der Waals surface area contributed by atoms with Gasteiger partial charge in [-0.25, -0.2) is 4.79 Å². The third-order valence-corrected chi connectivity index (χ3v) is 4.63. The molecule has 0 heterocycles. The second-order valence-corrected chi connectivity index (χ2v) is 6.36. The van der Waals surface area contributed by atoms with Crippen LogP contribution in [0.5, 0.6) is 0 Å². The van der Waals surface area contributed by atoms with E-state index in [4.69, 9.17) is 15.6 Å². The molecule has 0 saturated carbocycles. The number of benzene rings is 2. The second kappa shape index (κ2) is 7.90. The molecule has 140 valence electrons. The van der Waals surface area contributed by atoms with E-state index in [2.05, 4.69) is 5.32 Å². The lowest BCUT2D eigenvalue weighted by atomic mass is 9.98. The fraction of sp³-hybridized carbons (Fsp3) is 0.250. The average Bonchev–Trinajstić information content (AvgIpc) is 2.97. The Morgan fingerprint density at radius 3 is 2.11 bits per heavy atom. The highest BCUT2D eigenvalue weighted by molar-refractivity contribution is 5.85. The Labute approximate surface area is 156 Å². The van der Waals surface area contributed by atoms with Gasteiger partial charge in [0.15, 0.2) is 0 Å². The zero-order valence-electron chi connectivity index (χ0n) is 14.6. The summed E-state index contributed by atoms with van der Waals surface area (Å²) in [6.07, 6.45) is -1.17. The molecule has 0 aliphatic heterocycles. The van der Waals surface area contributed by atoms with E-state index in [0.717, 1.165) is 22.3 Å². The lowest BCUT2D eigenvalue weighted by Crippen LogP contribution is -2.45. The molecule has 2 aromatic rings. The Kier molecular flexibility index (Phi) is 5.40. The number of fused-ring (bicyclic) bond motifs is 3. The number of hydrogen-bond acceptors (Lipinski definition) is 4. The first kappa shape index (κ1) is 18.4. The summed E-state index contributed by atoms with van der Waals surface area (Å²) in [5.74, 6) is -1.98. The maximum atomic E-state index is 12.1. The van der Waals surface area contributed by atoms with Crippen molar-refractivity contribution in [2.75, 3.05) is 6.61 Å². The maximum absolute atomic E-state index is 12.1. The number of ether oxygens (including phenoxy) is 1. The Bertz CT molecular complexity index is 835. The van der Waals surface area contributed by atoms with Crippen LogP contribution in [0.2, 0.25) is 0 Å². The number of amides is 2. The lowest BCUT2D eigenvalue weighted by Gasteiger charge is -2.17. The van der Waals surface area contributed by atoms with Crippen molar-refractivity contribution in [3.05, 3.63) is 59.7 Å². The summed E-state index contributed by atoms with van der Waals surface area (Å²) in [6, 6.07) is 14.8. The summed E-state index contributed by atoms with van der Waals surface area (Å²) in [6.45, 7) is 0.101. The number of primary amides is 1. The van der Waals surface area contributed by atoms with Gasteiger partial charge in [0.05, 0.1) is 0 Å². The summed E-state index contributed by atoms with van der Waals surface area (Å²) in [4.78, 5) is 34.1. The molecule has 0 bridgehead atoms. The number of hydrogen-bond donors (Lipinski definition) is 3. The van der Waals surface area contributed by atoms with Gasteiger partial charge in [-0.05, 0) is 28.7 Å². The van der Waals surface area contributed by atoms with E-state index in [9.17, 15) is 14.4 Å². The predicted octanol–water partition coefficient (Wildman–Crippen LogP) is 2.24. The van der Waals surface area contributed by atoms with Crippen LogP contribution in [-0.2, 0) is 14.3 Å². The largest absolute Gasteiger partial charge is 0.481 e. The monoisotopic (exact) mass is 368 g/mol. The molecule has 1 aliphatic rings. The summed E-state index contributed by atoms with van der Waals surface area (Å²) < 4.78 is 5.32. The van der Waals surface area contributed by atoms with E-state index in [1.165, 1.54) is 0 Å². The van der Waals surface area contributed by atoms with Gasteiger partial charge in [-0.15, -0.1) is 0 Å². The highest BCUT2D eigenvalue weighted by Crippen LogP contribution is 2.44. The molecule has 1 unspecified atom stereocenters. The summed E-state index contributed by atoms with van der Waals surface area (Å²) in [5.41, 5.74) is 9.58. The fourth-order valence-corrected chi connectivity index (χ4v) is 3.34. The van der Waals surface area contributed by atoms with Crippen molar-refractivity contribution < 1.29 is 24.2 Å². The number of aliphatic carboxylic acids is 1. The summed E-state index contributed by atoms with van der Waals surface area (Å²) in [5, 5.41) is 11.1. The van der Waals surface area contributed by atoms with Crippen molar-refractivity contribution in [1.29, 1.82) is 0 Å². The number of carboxylic acid groups (broad SMARTS) is 1. The van der Waals surface area contributed by atoms with Crippen LogP contribution in [0.25, 0.3) is 11.1 Å². The quantitative estimate of drug-likeness (QED) is 0.692. The molecule has 0 aromatic heterocycles. The van der Waals surface area contributed by atoms with Crippen LogP contribution in [0, 0.1) is 0 Å². The number of nitrogens with one attached hydrogen (secondary N) is 1. The molecule has 1 aliphatic carbocycles. The van der Waals surface area contributed by atoms with Gasteiger partial charge in [-0.3, -0.25) is 9.59 Å². The lowest BCUT2D eigenvalue weighted by molar-refractivity contribution is -0.137. The standard InChI is InChI=1S/C20H20N2O5/c21-19(25)17(9-10-18(23)24)22-20(26)27-11-16-14-7-3-1-5-12(14)13-6-2-4-8-15(13)16/h1-8,16-17H,9-11H2,(H2,21,25)(H,22,26)(H,23,24). The Morgan fingerprint density at radius 2 is 1.59 bits per heavy atom. The normalized spacial score (nSPS) is 13.3. The van der Waals surface area contributed by atoms with E-state index >= 15 is 0 Å². The minimum Gasteiger partial charge on any atom is -0.481 e. The van der Waals surface area contributed by atoms with Crippen LogP contribution in [0.3, 0.4) is 0 Å². The Balaban J connectivity index is 1.67. The third kappa shape index (κ3) is 4.08. The number of carbonyl (C=O) groups excluding carboxylic acids is 2. The predicted molar refractivity (Wildman–Crippen MR) is 98.1 cm³/mol. The van der Waals surface area contributed by atoms with Crippen LogP contribution in [0.4, 0.5) is 4.79 Å². The zero-order valence-corrected chi connectivity index (χ0v) is 14.6. The molecule has 7 heteroatoms. The highest BCUT2D eigenvalue weighted by Gasteiger charge is 2.29. The van der Waals surface area contributed by atoms with Crippen LogP contribution in [-0.4, -0.2) is 35.7 Å². The molecular formula is C20H20N2O5. The first-order chi connectivity index (χ1) is 13.0. The molecule has 4 N–H and O–H groups in total. The molecule has 27 heavy (non-hydrogen) atoms. The molecule has 7 nitrogen and oxygen atoms in total. The van der Waals surface area contributed by atoms with Gasteiger partial charge in [0.25, 0.3) is 0 Å². The molecule has 2 aromatic carbocycles. The topological polar surface area (TPSA) is 119 Å². The van der Waals surface area contributed by atoms with Crippen molar-refractivity contribution in [1.82, 2.24) is 5.32 Å². The van der Waals surface area contributed by atoms with Crippen molar-refractivity contribution in [3.8, 4) is 11.1 Å². The molecule has 0 radical (unpaired) electrons. The van der Waals surface area contributed by atoms with E-state index < -0.39 is 24.0 Å². The first-order valence-corrected chi connectivity index (χ1v) is 8.60. The second-order valence-electron chi connectivity index (χ2n) is 6.36. The van der Waals surface area contributed by atoms with Crippen LogP contribution < -0.4 is 11.1 Å². The smallest absolute Gasteiger partial charge is 0.407 e. The maximum Gasteiger partial charge on any atom is 0.407 e. The summed E-state index contributed by atoms with van der Waals surface area (Å²) in [7, 11) is 0. The van der Waals surface area contributed by atoms with Crippen molar-refractivity contribution in [2.24, 2.45) is 5.73 Å². The Morgan fingerprint density at radius 1 is 1.04 bits per heavy atom. The van der Waals surface area contributed by atoms with E-state index in [1.54, 1.807) is 0 Å². The van der Waals surface area contributed by atoms with Gasteiger partial charge >= 0.3 is 12.1 Å². The fourth-order valence-electron chi connectivity index (χ4n) is 3.34. The number of nitrogens with two attached hydrogens (primary N) is 1. The first-order valence-electron chi connectivity index (χ1n) is 8.60. The molecule has 0 fully saturated rings. The van der Waals surface area contributed by atoms with Crippen LogP contribution >= 0.6 is 0 Å². The van der Waals surface area contributed by atoms with Crippen molar-refractivity contribution >= 4 is 18.0 Å². The molecule has 1 atom stereocenters. The number of rotatable bonds is 7. The zero-order chi connectivity index (χ0) is 19.4. The van der Waals surface area contributed by atoms with Gasteiger partial charge in [-0.2, -0.15) is 0 Å². The number of alkyl carbamates (subject to hydrolysis) is 1.